The summed E-state index contributed by atoms with van der Waals surface area (Å²) in [6.07, 6.45) is 0. The van der Waals surface area contributed by atoms with E-state index < -0.39 is 33.4 Å². The summed E-state index contributed by atoms with van der Waals surface area (Å²) in [5, 5.41) is 22.8. The molecule has 0 bridgehead atoms. The van der Waals surface area contributed by atoms with E-state index in [9.17, 15) is 24.4 Å². The molecule has 21 heavy (non-hydrogen) atoms. The van der Waals surface area contributed by atoms with Gasteiger partial charge in [-0.1, -0.05) is 11.6 Å². The van der Waals surface area contributed by atoms with Crippen LogP contribution in [0.2, 0.25) is 5.02 Å². The number of hydrogen-bond acceptors (Lipinski definition) is 4. The van der Waals surface area contributed by atoms with Crippen LogP contribution in [0.15, 0.2) is 12.1 Å². The van der Waals surface area contributed by atoms with Gasteiger partial charge in [-0.3, -0.25) is 14.9 Å². The Balaban J connectivity index is 3.33. The van der Waals surface area contributed by atoms with Gasteiger partial charge in [0.25, 0.3) is 5.69 Å². The number of carboxylic acid groups (broad SMARTS) is 1. The second-order valence-corrected chi connectivity index (χ2v) is 6.13. The molecule has 1 rings (SSSR count). The molecule has 0 unspecified atom stereocenters. The summed E-state index contributed by atoms with van der Waals surface area (Å²) in [4.78, 5) is 21.6. The highest BCUT2D eigenvalue weighted by molar-refractivity contribution is 6.31. The third-order valence-corrected chi connectivity index (χ3v) is 4.07. The van der Waals surface area contributed by atoms with Crippen LogP contribution in [0.25, 0.3) is 0 Å². The Bertz CT molecular complexity index is 602. The summed E-state index contributed by atoms with van der Waals surface area (Å²) >= 11 is 5.64. The summed E-state index contributed by atoms with van der Waals surface area (Å²) in [7, 11) is 0. The van der Waals surface area contributed by atoms with Crippen LogP contribution >= 0.6 is 11.6 Å². The first kappa shape index (κ1) is 17.2. The molecular formula is C13H16ClFN2O4. The number of aliphatic carboxylic acids is 1. The Hall–Kier alpha value is -1.89. The molecule has 1 aromatic carbocycles. The topological polar surface area (TPSA) is 92.5 Å². The highest BCUT2D eigenvalue weighted by Gasteiger charge is 2.44. The predicted molar refractivity (Wildman–Crippen MR) is 77.2 cm³/mol. The van der Waals surface area contributed by atoms with Crippen LogP contribution in [0.5, 0.6) is 0 Å². The van der Waals surface area contributed by atoms with Crippen molar-refractivity contribution >= 4 is 28.9 Å². The number of hydrogen-bond donors (Lipinski definition) is 2. The number of carbonyl (C=O) groups is 1. The fourth-order valence-corrected chi connectivity index (χ4v) is 1.71. The lowest BCUT2D eigenvalue weighted by Crippen LogP contribution is -2.50. The van der Waals surface area contributed by atoms with Crippen LogP contribution in [0.3, 0.4) is 0 Å². The lowest BCUT2D eigenvalue weighted by atomic mass is 9.74. The van der Waals surface area contributed by atoms with Crippen molar-refractivity contribution in [3.8, 4) is 0 Å². The van der Waals surface area contributed by atoms with Gasteiger partial charge in [-0.15, -0.1) is 0 Å². The molecule has 0 atom stereocenters. The molecule has 0 fully saturated rings. The van der Waals surface area contributed by atoms with E-state index in [1.54, 1.807) is 13.8 Å². The molecule has 0 aliphatic carbocycles. The van der Waals surface area contributed by atoms with Crippen LogP contribution in [0.1, 0.15) is 27.7 Å². The largest absolute Gasteiger partial charge is 0.481 e. The molecule has 0 spiro atoms. The summed E-state index contributed by atoms with van der Waals surface area (Å²) in [6, 6.07) is 1.78. The van der Waals surface area contributed by atoms with Gasteiger partial charge in [-0.05, 0) is 33.8 Å². The van der Waals surface area contributed by atoms with Crippen LogP contribution < -0.4 is 5.32 Å². The summed E-state index contributed by atoms with van der Waals surface area (Å²) in [6.45, 7) is 6.14. The average molecular weight is 319 g/mol. The number of nitrogens with one attached hydrogen (secondary N) is 1. The quantitative estimate of drug-likeness (QED) is 0.638. The maximum absolute atomic E-state index is 13.4. The van der Waals surface area contributed by atoms with Crippen molar-refractivity contribution in [2.75, 3.05) is 5.32 Å². The Morgan fingerprint density at radius 3 is 2.33 bits per heavy atom. The minimum Gasteiger partial charge on any atom is -0.481 e. The van der Waals surface area contributed by atoms with Crippen molar-refractivity contribution in [1.82, 2.24) is 0 Å². The lowest BCUT2D eigenvalue weighted by Gasteiger charge is -2.39. The predicted octanol–water partition coefficient (Wildman–Crippen LogP) is 3.69. The first-order valence-electron chi connectivity index (χ1n) is 6.05. The van der Waals surface area contributed by atoms with Crippen LogP contribution in [-0.2, 0) is 4.79 Å². The van der Waals surface area contributed by atoms with Crippen LogP contribution in [-0.4, -0.2) is 21.5 Å². The Kier molecular flexibility index (Phi) is 4.48. The highest BCUT2D eigenvalue weighted by atomic mass is 35.5. The highest BCUT2D eigenvalue weighted by Crippen LogP contribution is 2.38. The van der Waals surface area contributed by atoms with Gasteiger partial charge >= 0.3 is 5.97 Å². The SMILES string of the molecule is CC(C)(Nc1cc(Cl)c(F)cc1[N+](=O)[O-])C(C)(C)C(=O)O. The van der Waals surface area contributed by atoms with Gasteiger partial charge in [0.15, 0.2) is 0 Å². The number of rotatable bonds is 5. The summed E-state index contributed by atoms with van der Waals surface area (Å²) in [5.74, 6) is -1.99. The number of nitro groups is 1. The smallest absolute Gasteiger partial charge is 0.311 e. The average Bonchev–Trinajstić information content (AvgIpc) is 2.32. The first-order chi connectivity index (χ1) is 9.40. The van der Waals surface area contributed by atoms with E-state index >= 15 is 0 Å². The normalized spacial score (nSPS) is 12.1. The summed E-state index contributed by atoms with van der Waals surface area (Å²) < 4.78 is 13.4. The Morgan fingerprint density at radius 2 is 1.90 bits per heavy atom. The fraction of sp³-hybridized carbons (Fsp3) is 0.462. The Labute approximate surface area is 126 Å². The molecule has 1 aromatic rings. The first-order valence-corrected chi connectivity index (χ1v) is 6.43. The van der Waals surface area contributed by atoms with Crippen molar-refractivity contribution in [2.24, 2.45) is 5.41 Å². The number of carboxylic acids is 1. The van der Waals surface area contributed by atoms with Gasteiger partial charge in [-0.25, -0.2) is 4.39 Å². The standard InChI is InChI=1S/C13H16ClFN2O4/c1-12(2,11(18)19)13(3,4)16-9-5-7(14)8(15)6-10(9)17(20)21/h5-6,16H,1-4H3,(H,18,19). The molecule has 0 amide bonds. The molecule has 0 heterocycles. The van der Waals surface area contributed by atoms with Gasteiger partial charge in [0.05, 0.1) is 21.4 Å². The molecule has 0 saturated carbocycles. The molecule has 0 aliphatic rings. The van der Waals surface area contributed by atoms with Gasteiger partial charge < -0.3 is 10.4 Å². The van der Waals surface area contributed by atoms with Gasteiger partial charge in [0, 0.05) is 5.54 Å². The minimum atomic E-state index is -1.23. The van der Waals surface area contributed by atoms with E-state index in [4.69, 9.17) is 11.6 Å². The second-order valence-electron chi connectivity index (χ2n) is 5.72. The molecule has 2 N–H and O–H groups in total. The Morgan fingerprint density at radius 1 is 1.38 bits per heavy atom. The maximum Gasteiger partial charge on any atom is 0.311 e. The number of nitrogens with zero attached hydrogens (tertiary/aromatic N) is 1. The molecule has 8 heteroatoms. The molecule has 0 aliphatic heterocycles. The molecular weight excluding hydrogens is 303 g/mol. The third kappa shape index (κ3) is 3.24. The molecule has 0 radical (unpaired) electrons. The number of anilines is 1. The molecule has 0 saturated heterocycles. The van der Waals surface area contributed by atoms with E-state index in [2.05, 4.69) is 5.32 Å². The number of nitro benzene ring substituents is 1. The zero-order valence-electron chi connectivity index (χ0n) is 12.0. The zero-order chi connectivity index (χ0) is 16.6. The van der Waals surface area contributed by atoms with E-state index in [1.807, 2.05) is 0 Å². The van der Waals surface area contributed by atoms with Gasteiger partial charge in [0.1, 0.15) is 11.5 Å². The number of halogens is 2. The molecule has 6 nitrogen and oxygen atoms in total. The van der Waals surface area contributed by atoms with Crippen molar-refractivity contribution in [2.45, 2.75) is 33.2 Å². The van der Waals surface area contributed by atoms with Crippen molar-refractivity contribution in [3.05, 3.63) is 33.1 Å². The lowest BCUT2D eigenvalue weighted by molar-refractivity contribution is -0.384. The second kappa shape index (κ2) is 5.48. The summed E-state index contributed by atoms with van der Waals surface area (Å²) in [5.41, 5.74) is -2.83. The third-order valence-electron chi connectivity index (χ3n) is 3.78. The van der Waals surface area contributed by atoms with Crippen molar-refractivity contribution in [1.29, 1.82) is 0 Å². The van der Waals surface area contributed by atoms with Gasteiger partial charge in [0.2, 0.25) is 0 Å². The van der Waals surface area contributed by atoms with E-state index in [0.717, 1.165) is 6.07 Å². The fourth-order valence-electron chi connectivity index (χ4n) is 1.55. The van der Waals surface area contributed by atoms with E-state index in [1.165, 1.54) is 13.8 Å². The monoisotopic (exact) mass is 318 g/mol. The maximum atomic E-state index is 13.4. The molecule has 0 aromatic heterocycles. The van der Waals surface area contributed by atoms with Gasteiger partial charge in [-0.2, -0.15) is 0 Å². The van der Waals surface area contributed by atoms with E-state index in [-0.39, 0.29) is 10.7 Å². The van der Waals surface area contributed by atoms with Crippen molar-refractivity contribution in [3.63, 3.8) is 0 Å². The van der Waals surface area contributed by atoms with Crippen LogP contribution in [0.4, 0.5) is 15.8 Å². The van der Waals surface area contributed by atoms with Crippen molar-refractivity contribution < 1.29 is 19.2 Å². The van der Waals surface area contributed by atoms with E-state index in [0.29, 0.717) is 6.07 Å². The minimum absolute atomic E-state index is 0.0364. The number of benzene rings is 1. The van der Waals surface area contributed by atoms with Crippen LogP contribution in [0, 0.1) is 21.3 Å². The zero-order valence-corrected chi connectivity index (χ0v) is 12.8. The molecule has 116 valence electrons.